The summed E-state index contributed by atoms with van der Waals surface area (Å²) >= 11 is 7.04. The number of nitrogens with zero attached hydrogens (tertiary/aromatic N) is 3. The summed E-state index contributed by atoms with van der Waals surface area (Å²) in [5.41, 5.74) is 0. The number of rotatable bonds is 4. The number of hydrogen-bond acceptors (Lipinski definition) is 3. The predicted molar refractivity (Wildman–Crippen MR) is 81.4 cm³/mol. The lowest BCUT2D eigenvalue weighted by Gasteiger charge is -2.17. The Morgan fingerprint density at radius 1 is 1.27 bits per heavy atom. The number of halogens is 3. The molecule has 0 fully saturated rings. The number of amides is 1. The molecule has 0 N–H and O–H groups in total. The number of carbonyl (C=O) groups excluding carboxylic acids is 1. The molecule has 1 aromatic heterocycles. The standard InChI is InChI=1S/C14H14ClF2N3OS/c1-3-19(4-2)14(21)20-8-12(15)13(18-20)22-11-6-9(16)5-10(17)7-11/h5-8H,3-4H2,1-2H3. The van der Waals surface area contributed by atoms with Gasteiger partial charge < -0.3 is 4.90 Å². The van der Waals surface area contributed by atoms with E-state index < -0.39 is 11.6 Å². The fraction of sp³-hybridized carbons (Fsp3) is 0.286. The predicted octanol–water partition coefficient (Wildman–Crippen LogP) is 4.28. The second-order valence-electron chi connectivity index (χ2n) is 4.39. The SMILES string of the molecule is CCN(CC)C(=O)n1cc(Cl)c(Sc2cc(F)cc(F)c2)n1. The van der Waals surface area contributed by atoms with Crippen LogP contribution in [0.25, 0.3) is 0 Å². The molecule has 0 radical (unpaired) electrons. The van der Waals surface area contributed by atoms with Crippen LogP contribution in [0.3, 0.4) is 0 Å². The molecule has 0 aliphatic carbocycles. The molecule has 2 rings (SSSR count). The van der Waals surface area contributed by atoms with Crippen LogP contribution in [0.1, 0.15) is 13.8 Å². The Labute approximate surface area is 136 Å². The van der Waals surface area contributed by atoms with E-state index in [2.05, 4.69) is 5.10 Å². The lowest BCUT2D eigenvalue weighted by molar-refractivity contribution is 0.201. The Balaban J connectivity index is 2.24. The van der Waals surface area contributed by atoms with E-state index in [1.165, 1.54) is 18.3 Å². The second kappa shape index (κ2) is 7.11. The monoisotopic (exact) mass is 345 g/mol. The van der Waals surface area contributed by atoms with E-state index in [0.29, 0.717) is 23.0 Å². The summed E-state index contributed by atoms with van der Waals surface area (Å²) in [6, 6.07) is 2.84. The van der Waals surface area contributed by atoms with Gasteiger partial charge in [-0.25, -0.2) is 13.6 Å². The molecule has 1 heterocycles. The van der Waals surface area contributed by atoms with Crippen LogP contribution in [-0.2, 0) is 0 Å². The molecule has 0 aliphatic rings. The number of benzene rings is 1. The molecule has 1 aromatic carbocycles. The van der Waals surface area contributed by atoms with Gasteiger partial charge in [0.25, 0.3) is 0 Å². The quantitative estimate of drug-likeness (QED) is 0.830. The van der Waals surface area contributed by atoms with E-state index in [4.69, 9.17) is 11.6 Å². The highest BCUT2D eigenvalue weighted by molar-refractivity contribution is 7.99. The van der Waals surface area contributed by atoms with Crippen molar-refractivity contribution in [1.82, 2.24) is 14.7 Å². The Hall–Kier alpha value is -1.60. The average molecular weight is 346 g/mol. The van der Waals surface area contributed by atoms with Crippen LogP contribution in [0.2, 0.25) is 5.02 Å². The minimum atomic E-state index is -0.683. The van der Waals surface area contributed by atoms with Crippen molar-refractivity contribution in [2.75, 3.05) is 13.1 Å². The van der Waals surface area contributed by atoms with Crippen molar-refractivity contribution in [3.63, 3.8) is 0 Å². The summed E-state index contributed by atoms with van der Waals surface area (Å²) in [6.07, 6.45) is 1.39. The smallest absolute Gasteiger partial charge is 0.323 e. The third kappa shape index (κ3) is 3.78. The summed E-state index contributed by atoms with van der Waals surface area (Å²) < 4.78 is 27.5. The Morgan fingerprint density at radius 3 is 2.41 bits per heavy atom. The Morgan fingerprint density at radius 2 is 1.86 bits per heavy atom. The molecule has 118 valence electrons. The Bertz CT molecular complexity index is 668. The van der Waals surface area contributed by atoms with Gasteiger partial charge in [0, 0.05) is 24.1 Å². The van der Waals surface area contributed by atoms with Crippen molar-refractivity contribution in [2.45, 2.75) is 23.8 Å². The largest absolute Gasteiger partial charge is 0.344 e. The highest BCUT2D eigenvalue weighted by Gasteiger charge is 2.17. The average Bonchev–Trinajstić information content (AvgIpc) is 2.80. The summed E-state index contributed by atoms with van der Waals surface area (Å²) in [7, 11) is 0. The molecule has 0 bridgehead atoms. The first-order chi connectivity index (χ1) is 10.4. The zero-order valence-electron chi connectivity index (χ0n) is 12.0. The van der Waals surface area contributed by atoms with Gasteiger partial charge in [-0.2, -0.15) is 9.78 Å². The molecule has 0 saturated heterocycles. The second-order valence-corrected chi connectivity index (χ2v) is 5.86. The molecule has 0 unspecified atom stereocenters. The third-order valence-corrected chi connectivity index (χ3v) is 4.27. The molecule has 22 heavy (non-hydrogen) atoms. The maximum Gasteiger partial charge on any atom is 0.344 e. The maximum absolute atomic E-state index is 13.2. The van der Waals surface area contributed by atoms with Crippen molar-refractivity contribution in [2.24, 2.45) is 0 Å². The van der Waals surface area contributed by atoms with Gasteiger partial charge in [-0.3, -0.25) is 0 Å². The van der Waals surface area contributed by atoms with Gasteiger partial charge in [0.15, 0.2) is 0 Å². The maximum atomic E-state index is 13.2. The fourth-order valence-electron chi connectivity index (χ4n) is 1.84. The van der Waals surface area contributed by atoms with E-state index in [0.717, 1.165) is 22.5 Å². The summed E-state index contributed by atoms with van der Waals surface area (Å²) in [6.45, 7) is 4.81. The minimum Gasteiger partial charge on any atom is -0.323 e. The van der Waals surface area contributed by atoms with Gasteiger partial charge in [0.1, 0.15) is 16.7 Å². The molecule has 8 heteroatoms. The van der Waals surface area contributed by atoms with Crippen LogP contribution in [0.15, 0.2) is 34.3 Å². The lowest BCUT2D eigenvalue weighted by Crippen LogP contribution is -2.34. The van der Waals surface area contributed by atoms with Crippen molar-refractivity contribution in [1.29, 1.82) is 0 Å². The normalized spacial score (nSPS) is 10.8. The Kier molecular flexibility index (Phi) is 5.42. The van der Waals surface area contributed by atoms with Gasteiger partial charge >= 0.3 is 6.03 Å². The van der Waals surface area contributed by atoms with Gasteiger partial charge in [-0.05, 0) is 26.0 Å². The molecular formula is C14H14ClF2N3OS. The van der Waals surface area contributed by atoms with Crippen molar-refractivity contribution < 1.29 is 13.6 Å². The van der Waals surface area contributed by atoms with Crippen molar-refractivity contribution in [3.8, 4) is 0 Å². The first-order valence-corrected chi connectivity index (χ1v) is 7.82. The van der Waals surface area contributed by atoms with Gasteiger partial charge in [-0.1, -0.05) is 23.4 Å². The molecular weight excluding hydrogens is 332 g/mol. The number of aromatic nitrogens is 2. The minimum absolute atomic E-state index is 0.246. The zero-order valence-corrected chi connectivity index (χ0v) is 13.6. The third-order valence-electron chi connectivity index (χ3n) is 2.92. The van der Waals surface area contributed by atoms with E-state index in [-0.39, 0.29) is 11.1 Å². The first-order valence-electron chi connectivity index (χ1n) is 6.63. The highest BCUT2D eigenvalue weighted by atomic mass is 35.5. The topological polar surface area (TPSA) is 38.1 Å². The number of hydrogen-bond donors (Lipinski definition) is 0. The van der Waals surface area contributed by atoms with Crippen LogP contribution in [0.4, 0.5) is 13.6 Å². The van der Waals surface area contributed by atoms with Gasteiger partial charge in [0.2, 0.25) is 0 Å². The van der Waals surface area contributed by atoms with E-state index in [9.17, 15) is 13.6 Å². The summed E-state index contributed by atoms with van der Waals surface area (Å²) in [4.78, 5) is 14.1. The van der Waals surface area contributed by atoms with Crippen LogP contribution in [-0.4, -0.2) is 33.8 Å². The van der Waals surface area contributed by atoms with E-state index in [1.54, 1.807) is 4.90 Å². The van der Waals surface area contributed by atoms with Gasteiger partial charge in [0.05, 0.1) is 11.2 Å². The fourth-order valence-corrected chi connectivity index (χ4v) is 2.93. The van der Waals surface area contributed by atoms with Crippen LogP contribution < -0.4 is 0 Å². The molecule has 0 atom stereocenters. The van der Waals surface area contributed by atoms with Crippen LogP contribution in [0.5, 0.6) is 0 Å². The molecule has 4 nitrogen and oxygen atoms in total. The van der Waals surface area contributed by atoms with Gasteiger partial charge in [-0.15, -0.1) is 0 Å². The first kappa shape index (κ1) is 16.8. The molecule has 0 aliphatic heterocycles. The summed E-state index contributed by atoms with van der Waals surface area (Å²) in [5.74, 6) is -1.37. The molecule has 2 aromatic rings. The van der Waals surface area contributed by atoms with E-state index >= 15 is 0 Å². The highest BCUT2D eigenvalue weighted by Crippen LogP contribution is 2.32. The zero-order chi connectivity index (χ0) is 16.3. The van der Waals surface area contributed by atoms with Crippen LogP contribution in [0, 0.1) is 11.6 Å². The lowest BCUT2D eigenvalue weighted by atomic mass is 10.3. The number of carbonyl (C=O) groups is 1. The van der Waals surface area contributed by atoms with Crippen LogP contribution >= 0.6 is 23.4 Å². The molecule has 0 spiro atoms. The molecule has 1 amide bonds. The van der Waals surface area contributed by atoms with Crippen molar-refractivity contribution in [3.05, 3.63) is 41.1 Å². The summed E-state index contributed by atoms with van der Waals surface area (Å²) in [5, 5.41) is 4.65. The van der Waals surface area contributed by atoms with Crippen molar-refractivity contribution >= 4 is 29.4 Å². The molecule has 0 saturated carbocycles. The van der Waals surface area contributed by atoms with E-state index in [1.807, 2.05) is 13.8 Å².